The van der Waals surface area contributed by atoms with Gasteiger partial charge in [-0.05, 0) is 69.2 Å². The molecule has 118 valence electrons. The summed E-state index contributed by atoms with van der Waals surface area (Å²) in [6.45, 7) is 7.24. The van der Waals surface area contributed by atoms with Gasteiger partial charge in [0.05, 0.1) is 5.60 Å². The predicted octanol–water partition coefficient (Wildman–Crippen LogP) is 4.24. The van der Waals surface area contributed by atoms with Crippen LogP contribution < -0.4 is 5.32 Å². The quantitative estimate of drug-likeness (QED) is 0.832. The predicted molar refractivity (Wildman–Crippen MR) is 85.9 cm³/mol. The van der Waals surface area contributed by atoms with Gasteiger partial charge in [0, 0.05) is 13.2 Å². The Hall–Kier alpha value is -0.0800. The van der Waals surface area contributed by atoms with Gasteiger partial charge in [0.25, 0.3) is 0 Å². The topological polar surface area (TPSA) is 21.3 Å². The molecule has 2 heteroatoms. The molecule has 0 bridgehead atoms. The van der Waals surface area contributed by atoms with Crippen LogP contribution in [0.4, 0.5) is 0 Å². The summed E-state index contributed by atoms with van der Waals surface area (Å²) in [5, 5.41) is 3.66. The lowest BCUT2D eigenvalue weighted by Crippen LogP contribution is -2.57. The van der Waals surface area contributed by atoms with E-state index in [4.69, 9.17) is 4.74 Å². The highest BCUT2D eigenvalue weighted by Gasteiger charge is 2.45. The van der Waals surface area contributed by atoms with E-state index in [0.29, 0.717) is 6.04 Å². The minimum atomic E-state index is 0.0895. The Balaban J connectivity index is 2.09. The van der Waals surface area contributed by atoms with E-state index in [1.165, 1.54) is 44.9 Å². The van der Waals surface area contributed by atoms with Crippen LogP contribution in [0.1, 0.15) is 65.7 Å². The van der Waals surface area contributed by atoms with Crippen molar-refractivity contribution in [1.82, 2.24) is 5.32 Å². The molecule has 0 aliphatic heterocycles. The van der Waals surface area contributed by atoms with Gasteiger partial charge in [0.2, 0.25) is 0 Å². The number of rotatable bonds is 4. The highest BCUT2D eigenvalue weighted by molar-refractivity contribution is 5.00. The molecule has 0 spiro atoms. The lowest BCUT2D eigenvalue weighted by molar-refractivity contribution is -0.0932. The molecule has 4 unspecified atom stereocenters. The summed E-state index contributed by atoms with van der Waals surface area (Å²) in [5.74, 6) is 3.43. The molecular weight excluding hydrogens is 246 g/mol. The third-order valence-corrected chi connectivity index (χ3v) is 6.52. The van der Waals surface area contributed by atoms with Crippen LogP contribution in [0.2, 0.25) is 0 Å². The van der Waals surface area contributed by atoms with Crippen LogP contribution >= 0.6 is 0 Å². The van der Waals surface area contributed by atoms with E-state index in [9.17, 15) is 0 Å². The second kappa shape index (κ2) is 6.79. The van der Waals surface area contributed by atoms with E-state index < -0.39 is 0 Å². The lowest BCUT2D eigenvalue weighted by Gasteiger charge is -2.49. The molecule has 2 rings (SSSR count). The van der Waals surface area contributed by atoms with Crippen LogP contribution in [0.25, 0.3) is 0 Å². The average molecular weight is 281 g/mol. The maximum Gasteiger partial charge on any atom is 0.0833 e. The second-order valence-electron chi connectivity index (χ2n) is 7.75. The molecule has 0 aromatic heterocycles. The van der Waals surface area contributed by atoms with E-state index in [0.717, 1.165) is 23.7 Å². The Labute approximate surface area is 126 Å². The first-order chi connectivity index (χ1) is 9.52. The van der Waals surface area contributed by atoms with E-state index >= 15 is 0 Å². The fraction of sp³-hybridized carbons (Fsp3) is 1.00. The van der Waals surface area contributed by atoms with Gasteiger partial charge in [-0.25, -0.2) is 0 Å². The molecule has 0 amide bonds. The van der Waals surface area contributed by atoms with Crippen LogP contribution in [0.3, 0.4) is 0 Å². The zero-order valence-corrected chi connectivity index (χ0v) is 14.2. The number of methoxy groups -OCH3 is 1. The van der Waals surface area contributed by atoms with E-state index in [2.05, 4.69) is 33.1 Å². The van der Waals surface area contributed by atoms with Crippen molar-refractivity contribution in [2.24, 2.45) is 23.7 Å². The van der Waals surface area contributed by atoms with Gasteiger partial charge in [-0.15, -0.1) is 0 Å². The number of hydrogen-bond acceptors (Lipinski definition) is 2. The largest absolute Gasteiger partial charge is 0.377 e. The van der Waals surface area contributed by atoms with Gasteiger partial charge in [-0.3, -0.25) is 0 Å². The minimum Gasteiger partial charge on any atom is -0.377 e. The van der Waals surface area contributed by atoms with Gasteiger partial charge < -0.3 is 10.1 Å². The van der Waals surface area contributed by atoms with Gasteiger partial charge in [-0.1, -0.05) is 27.2 Å². The highest BCUT2D eigenvalue weighted by Crippen LogP contribution is 2.44. The van der Waals surface area contributed by atoms with Gasteiger partial charge in [-0.2, -0.15) is 0 Å². The fourth-order valence-electron chi connectivity index (χ4n) is 4.71. The van der Waals surface area contributed by atoms with Gasteiger partial charge in [0.1, 0.15) is 0 Å². The van der Waals surface area contributed by atoms with Gasteiger partial charge in [0.15, 0.2) is 0 Å². The molecule has 0 saturated heterocycles. The number of ether oxygens (including phenoxy) is 1. The molecule has 0 aromatic rings. The molecular formula is C18H35NO. The van der Waals surface area contributed by atoms with Crippen molar-refractivity contribution in [3.05, 3.63) is 0 Å². The molecule has 2 saturated carbocycles. The summed E-state index contributed by atoms with van der Waals surface area (Å²) in [6.07, 6.45) is 9.24. The van der Waals surface area contributed by atoms with Crippen molar-refractivity contribution in [2.45, 2.75) is 77.4 Å². The smallest absolute Gasteiger partial charge is 0.0833 e. The Bertz CT molecular complexity index is 296. The van der Waals surface area contributed by atoms with E-state index in [1.54, 1.807) is 0 Å². The SMILES string of the molecule is CNC(C1CCC(C)C(C)C1)C1(OC)CCC(C)CC1. The molecule has 2 fully saturated rings. The summed E-state index contributed by atoms with van der Waals surface area (Å²) in [7, 11) is 4.08. The first-order valence-electron chi connectivity index (χ1n) is 8.75. The van der Waals surface area contributed by atoms with Crippen molar-refractivity contribution in [1.29, 1.82) is 0 Å². The normalized spacial score (nSPS) is 44.2. The minimum absolute atomic E-state index is 0.0895. The zero-order chi connectivity index (χ0) is 14.8. The van der Waals surface area contributed by atoms with Crippen molar-refractivity contribution in [2.75, 3.05) is 14.2 Å². The monoisotopic (exact) mass is 281 g/mol. The number of likely N-dealkylation sites (N-methyl/N-ethyl adjacent to an activating group) is 1. The summed E-state index contributed by atoms with van der Waals surface area (Å²) in [4.78, 5) is 0. The third kappa shape index (κ3) is 3.22. The van der Waals surface area contributed by atoms with Crippen LogP contribution in [0.15, 0.2) is 0 Å². The first-order valence-corrected chi connectivity index (χ1v) is 8.75. The van der Waals surface area contributed by atoms with Crippen LogP contribution in [0.5, 0.6) is 0 Å². The fourth-order valence-corrected chi connectivity index (χ4v) is 4.71. The summed E-state index contributed by atoms with van der Waals surface area (Å²) >= 11 is 0. The first kappa shape index (κ1) is 16.3. The van der Waals surface area contributed by atoms with E-state index in [-0.39, 0.29) is 5.60 Å². The molecule has 1 N–H and O–H groups in total. The standard InChI is InChI=1S/C18H35NO/c1-13-8-10-18(20-5,11-9-13)17(19-4)16-7-6-14(2)15(3)12-16/h13-17,19H,6-12H2,1-5H3. The molecule has 0 radical (unpaired) electrons. The van der Waals surface area contributed by atoms with Crippen LogP contribution in [-0.2, 0) is 4.74 Å². The van der Waals surface area contributed by atoms with Crippen LogP contribution in [-0.4, -0.2) is 25.8 Å². The summed E-state index contributed by atoms with van der Waals surface area (Å²) in [5.41, 5.74) is 0.0895. The molecule has 0 aromatic carbocycles. The second-order valence-corrected chi connectivity index (χ2v) is 7.75. The Kier molecular flexibility index (Phi) is 5.53. The van der Waals surface area contributed by atoms with Crippen molar-refractivity contribution in [3.8, 4) is 0 Å². The molecule has 0 heterocycles. The molecule has 2 aliphatic carbocycles. The number of nitrogens with one attached hydrogen (secondary N) is 1. The van der Waals surface area contributed by atoms with Crippen LogP contribution in [0, 0.1) is 23.7 Å². The maximum atomic E-state index is 6.13. The molecule has 20 heavy (non-hydrogen) atoms. The maximum absolute atomic E-state index is 6.13. The molecule has 2 aliphatic rings. The van der Waals surface area contributed by atoms with Crippen molar-refractivity contribution >= 4 is 0 Å². The Morgan fingerprint density at radius 1 is 1.00 bits per heavy atom. The van der Waals surface area contributed by atoms with Crippen molar-refractivity contribution in [3.63, 3.8) is 0 Å². The number of hydrogen-bond donors (Lipinski definition) is 1. The Morgan fingerprint density at radius 2 is 1.65 bits per heavy atom. The lowest BCUT2D eigenvalue weighted by atomic mass is 9.66. The zero-order valence-electron chi connectivity index (χ0n) is 14.2. The molecule has 4 atom stereocenters. The molecule has 2 nitrogen and oxygen atoms in total. The van der Waals surface area contributed by atoms with Gasteiger partial charge >= 0.3 is 0 Å². The van der Waals surface area contributed by atoms with E-state index in [1.807, 2.05) is 7.11 Å². The third-order valence-electron chi connectivity index (χ3n) is 6.52. The average Bonchev–Trinajstić information content (AvgIpc) is 2.46. The Morgan fingerprint density at radius 3 is 2.15 bits per heavy atom. The highest BCUT2D eigenvalue weighted by atomic mass is 16.5. The summed E-state index contributed by atoms with van der Waals surface area (Å²) < 4.78 is 6.13. The van der Waals surface area contributed by atoms with Crippen molar-refractivity contribution < 1.29 is 4.74 Å². The summed E-state index contributed by atoms with van der Waals surface area (Å²) in [6, 6.07) is 0.537.